The highest BCUT2D eigenvalue weighted by molar-refractivity contribution is 9.10. The standard InChI is InChI=1S/C25H27BrN4O3/c26-19-5-6-22-21(15-19)20-7-8-30(16-32)24(23(20)27-22)17-1-3-18(4-2-17)25(33)29-11-9-28(10-12-29)13-14-31/h1-6,15-16,24,27,31H,7-14H2. The molecule has 1 fully saturated rings. The molecule has 1 aromatic heterocycles. The molecule has 172 valence electrons. The average Bonchev–Trinajstić information content (AvgIpc) is 3.21. The Balaban J connectivity index is 1.40. The van der Waals surface area contributed by atoms with Crippen LogP contribution < -0.4 is 0 Å². The van der Waals surface area contributed by atoms with Gasteiger partial charge in [-0.2, -0.15) is 0 Å². The van der Waals surface area contributed by atoms with Gasteiger partial charge < -0.3 is 19.9 Å². The van der Waals surface area contributed by atoms with Crippen LogP contribution in [0.4, 0.5) is 0 Å². The molecule has 1 unspecified atom stereocenters. The first kappa shape index (κ1) is 22.1. The molecule has 2 aliphatic rings. The number of halogens is 1. The Morgan fingerprint density at radius 1 is 1.09 bits per heavy atom. The fourth-order valence-corrected chi connectivity index (χ4v) is 5.42. The smallest absolute Gasteiger partial charge is 0.253 e. The number of fused-ring (bicyclic) bond motifs is 3. The number of β-amino-alcohol motifs (C(OH)–C–C–N with tert-alkyl or cyclic N) is 1. The van der Waals surface area contributed by atoms with Crippen molar-refractivity contribution in [3.05, 3.63) is 69.3 Å². The van der Waals surface area contributed by atoms with E-state index in [1.807, 2.05) is 40.1 Å². The van der Waals surface area contributed by atoms with Gasteiger partial charge in [0, 0.05) is 65.9 Å². The van der Waals surface area contributed by atoms with Crippen LogP contribution in [-0.2, 0) is 11.2 Å². The summed E-state index contributed by atoms with van der Waals surface area (Å²) in [7, 11) is 0. The number of hydrogen-bond acceptors (Lipinski definition) is 4. The van der Waals surface area contributed by atoms with Gasteiger partial charge in [0.15, 0.2) is 0 Å². The largest absolute Gasteiger partial charge is 0.395 e. The van der Waals surface area contributed by atoms with E-state index in [0.717, 1.165) is 47.2 Å². The molecule has 0 aliphatic carbocycles. The van der Waals surface area contributed by atoms with Crippen LogP contribution in [0.15, 0.2) is 46.9 Å². The zero-order chi connectivity index (χ0) is 22.9. The van der Waals surface area contributed by atoms with Gasteiger partial charge in [-0.3, -0.25) is 14.5 Å². The van der Waals surface area contributed by atoms with E-state index in [1.165, 1.54) is 10.9 Å². The van der Waals surface area contributed by atoms with Crippen LogP contribution in [0.5, 0.6) is 0 Å². The summed E-state index contributed by atoms with van der Waals surface area (Å²) < 4.78 is 1.03. The van der Waals surface area contributed by atoms with Gasteiger partial charge in [-0.05, 0) is 47.9 Å². The second kappa shape index (κ2) is 9.29. The van der Waals surface area contributed by atoms with Crippen molar-refractivity contribution >= 4 is 39.2 Å². The van der Waals surface area contributed by atoms with Gasteiger partial charge in [-0.1, -0.05) is 28.1 Å². The Bertz CT molecular complexity index is 1170. The molecule has 2 aliphatic heterocycles. The number of H-pyrrole nitrogens is 1. The quantitative estimate of drug-likeness (QED) is 0.517. The molecule has 1 saturated heterocycles. The molecular formula is C25H27BrN4O3. The van der Waals surface area contributed by atoms with Crippen LogP contribution in [0.3, 0.4) is 0 Å². The number of aliphatic hydroxyl groups excluding tert-OH is 1. The van der Waals surface area contributed by atoms with Crippen molar-refractivity contribution in [3.63, 3.8) is 0 Å². The minimum Gasteiger partial charge on any atom is -0.395 e. The van der Waals surface area contributed by atoms with E-state index < -0.39 is 0 Å². The summed E-state index contributed by atoms with van der Waals surface area (Å²) in [6.07, 6.45) is 1.72. The van der Waals surface area contributed by atoms with Crippen LogP contribution in [0.25, 0.3) is 10.9 Å². The van der Waals surface area contributed by atoms with Crippen molar-refractivity contribution in [1.82, 2.24) is 19.7 Å². The summed E-state index contributed by atoms with van der Waals surface area (Å²) in [5, 5.41) is 10.3. The molecule has 1 atom stereocenters. The van der Waals surface area contributed by atoms with Crippen LogP contribution >= 0.6 is 15.9 Å². The van der Waals surface area contributed by atoms with Crippen molar-refractivity contribution in [3.8, 4) is 0 Å². The highest BCUT2D eigenvalue weighted by atomic mass is 79.9. The zero-order valence-corrected chi connectivity index (χ0v) is 19.9. The van der Waals surface area contributed by atoms with Crippen molar-refractivity contribution in [2.24, 2.45) is 0 Å². The van der Waals surface area contributed by atoms with E-state index in [0.29, 0.717) is 31.7 Å². The van der Waals surface area contributed by atoms with Crippen molar-refractivity contribution in [1.29, 1.82) is 0 Å². The number of aliphatic hydroxyl groups is 1. The van der Waals surface area contributed by atoms with Gasteiger partial charge >= 0.3 is 0 Å². The number of carbonyl (C=O) groups is 2. The molecule has 0 radical (unpaired) electrons. The number of hydrogen-bond donors (Lipinski definition) is 2. The number of rotatable bonds is 5. The molecule has 0 spiro atoms. The minimum absolute atomic E-state index is 0.0252. The van der Waals surface area contributed by atoms with E-state index in [9.17, 15) is 9.59 Å². The summed E-state index contributed by atoms with van der Waals surface area (Å²) in [6, 6.07) is 13.7. The number of piperazine rings is 1. The minimum atomic E-state index is -0.205. The SMILES string of the molecule is O=CN1CCc2c([nH]c3ccc(Br)cc23)C1c1ccc(C(=O)N2CCN(CCO)CC2)cc1. The number of aromatic amines is 1. The first-order valence-electron chi connectivity index (χ1n) is 11.3. The Hall–Kier alpha value is -2.68. The lowest BCUT2D eigenvalue weighted by molar-refractivity contribution is -0.120. The molecule has 0 bridgehead atoms. The van der Waals surface area contributed by atoms with Gasteiger partial charge in [0.1, 0.15) is 0 Å². The topological polar surface area (TPSA) is 79.9 Å². The number of amides is 2. The number of nitrogens with zero attached hydrogens (tertiary/aromatic N) is 3. The van der Waals surface area contributed by atoms with Crippen LogP contribution in [0.2, 0.25) is 0 Å². The van der Waals surface area contributed by atoms with Gasteiger partial charge in [0.2, 0.25) is 6.41 Å². The van der Waals surface area contributed by atoms with Crippen molar-refractivity contribution in [2.45, 2.75) is 12.5 Å². The average molecular weight is 511 g/mol. The third kappa shape index (κ3) is 4.18. The van der Waals surface area contributed by atoms with E-state index in [4.69, 9.17) is 5.11 Å². The van der Waals surface area contributed by atoms with E-state index in [1.54, 1.807) is 0 Å². The number of aromatic nitrogens is 1. The summed E-state index contributed by atoms with van der Waals surface area (Å²) in [4.78, 5) is 34.3. The van der Waals surface area contributed by atoms with Crippen molar-refractivity contribution < 1.29 is 14.7 Å². The van der Waals surface area contributed by atoms with Crippen molar-refractivity contribution in [2.75, 3.05) is 45.9 Å². The summed E-state index contributed by atoms with van der Waals surface area (Å²) >= 11 is 3.57. The molecule has 5 rings (SSSR count). The maximum absolute atomic E-state index is 13.0. The lowest BCUT2D eigenvalue weighted by Gasteiger charge is -2.35. The fourth-order valence-electron chi connectivity index (χ4n) is 5.06. The third-order valence-electron chi connectivity index (χ3n) is 6.81. The molecule has 0 saturated carbocycles. The van der Waals surface area contributed by atoms with E-state index in [2.05, 4.69) is 37.9 Å². The first-order valence-corrected chi connectivity index (χ1v) is 12.1. The zero-order valence-electron chi connectivity index (χ0n) is 18.3. The van der Waals surface area contributed by atoms with E-state index >= 15 is 0 Å². The first-order chi connectivity index (χ1) is 16.1. The van der Waals surface area contributed by atoms with Crippen LogP contribution in [0, 0.1) is 0 Å². The Morgan fingerprint density at radius 3 is 2.55 bits per heavy atom. The predicted octanol–water partition coefficient (Wildman–Crippen LogP) is 2.78. The third-order valence-corrected chi connectivity index (χ3v) is 7.30. The molecule has 2 amide bonds. The van der Waals surface area contributed by atoms with Gasteiger partial charge in [-0.15, -0.1) is 0 Å². The normalized spacial score (nSPS) is 19.0. The van der Waals surface area contributed by atoms with Gasteiger partial charge in [0.25, 0.3) is 5.91 Å². The molecule has 3 heterocycles. The predicted molar refractivity (Wildman–Crippen MR) is 130 cm³/mol. The molecule has 7 nitrogen and oxygen atoms in total. The van der Waals surface area contributed by atoms with Crippen LogP contribution in [0.1, 0.15) is 33.2 Å². The second-order valence-corrected chi connectivity index (χ2v) is 9.60. The summed E-state index contributed by atoms with van der Waals surface area (Å²) in [5.41, 5.74) is 4.99. The molecule has 33 heavy (non-hydrogen) atoms. The lowest BCUT2D eigenvalue weighted by Crippen LogP contribution is -2.49. The fraction of sp³-hybridized carbons (Fsp3) is 0.360. The number of nitrogens with one attached hydrogen (secondary N) is 1. The Morgan fingerprint density at radius 2 is 1.85 bits per heavy atom. The Kier molecular flexibility index (Phi) is 6.23. The molecular weight excluding hydrogens is 484 g/mol. The maximum Gasteiger partial charge on any atom is 0.253 e. The Labute approximate surface area is 201 Å². The number of carbonyl (C=O) groups excluding carboxylic acids is 2. The van der Waals surface area contributed by atoms with Gasteiger partial charge in [-0.25, -0.2) is 0 Å². The summed E-state index contributed by atoms with van der Waals surface area (Å²) in [5.74, 6) is 0.0252. The molecule has 2 N–H and O–H groups in total. The maximum atomic E-state index is 13.0. The highest BCUT2D eigenvalue weighted by Crippen LogP contribution is 2.38. The van der Waals surface area contributed by atoms with Crippen LogP contribution in [-0.4, -0.2) is 83.0 Å². The van der Waals surface area contributed by atoms with Gasteiger partial charge in [0.05, 0.1) is 12.6 Å². The highest BCUT2D eigenvalue weighted by Gasteiger charge is 2.31. The molecule has 2 aromatic carbocycles. The number of benzene rings is 2. The lowest BCUT2D eigenvalue weighted by atomic mass is 9.92. The second-order valence-electron chi connectivity index (χ2n) is 8.68. The molecule has 3 aromatic rings. The molecule has 8 heteroatoms. The summed E-state index contributed by atoms with van der Waals surface area (Å²) in [6.45, 7) is 4.33. The monoisotopic (exact) mass is 510 g/mol. The van der Waals surface area contributed by atoms with E-state index in [-0.39, 0.29) is 18.6 Å².